The lowest BCUT2D eigenvalue weighted by molar-refractivity contribution is 0.0556. The average molecular weight is 377 g/mol. The first-order chi connectivity index (χ1) is 11.9. The van der Waals surface area contributed by atoms with E-state index < -0.39 is 21.2 Å². The van der Waals surface area contributed by atoms with Gasteiger partial charge in [-0.2, -0.15) is 0 Å². The second kappa shape index (κ2) is 7.15. The fourth-order valence-corrected chi connectivity index (χ4v) is 5.40. The van der Waals surface area contributed by atoms with Crippen LogP contribution in [0.25, 0.3) is 10.2 Å². The van der Waals surface area contributed by atoms with Gasteiger partial charge in [0.25, 0.3) is 0 Å². The van der Waals surface area contributed by atoms with Gasteiger partial charge in [-0.1, -0.05) is 12.1 Å². The van der Waals surface area contributed by atoms with Crippen LogP contribution in [0, 0.1) is 6.92 Å². The Hall–Kier alpha value is -1.90. The number of benzene rings is 1. The molecule has 0 unspecified atom stereocenters. The van der Waals surface area contributed by atoms with E-state index in [0.29, 0.717) is 17.9 Å². The first-order valence-corrected chi connectivity index (χ1v) is 10.3. The second-order valence-electron chi connectivity index (χ2n) is 5.69. The molecule has 2 aromatic heterocycles. The molecule has 8 heteroatoms. The van der Waals surface area contributed by atoms with E-state index in [1.165, 1.54) is 11.3 Å². The van der Waals surface area contributed by atoms with Crippen molar-refractivity contribution in [3.8, 4) is 0 Å². The highest BCUT2D eigenvalue weighted by Crippen LogP contribution is 2.32. The molecule has 3 rings (SSSR count). The molecule has 3 aromatic rings. The molecule has 0 saturated heterocycles. The summed E-state index contributed by atoms with van der Waals surface area (Å²) in [5, 5.41) is -0.851. The van der Waals surface area contributed by atoms with E-state index in [0.717, 1.165) is 10.3 Å². The molecule has 0 spiro atoms. The van der Waals surface area contributed by atoms with Crippen LogP contribution in [-0.2, 0) is 14.6 Å². The summed E-state index contributed by atoms with van der Waals surface area (Å²) in [7, 11) is -3.68. The third kappa shape index (κ3) is 3.56. The summed E-state index contributed by atoms with van der Waals surface area (Å²) in [6, 6.07) is 7.37. The Morgan fingerprint density at radius 2 is 1.88 bits per heavy atom. The predicted octanol–water partition coefficient (Wildman–Crippen LogP) is 3.33. The van der Waals surface area contributed by atoms with E-state index in [9.17, 15) is 8.42 Å². The number of rotatable bonds is 6. The maximum atomic E-state index is 13.1. The van der Waals surface area contributed by atoms with Crippen LogP contribution in [0.2, 0.25) is 0 Å². The van der Waals surface area contributed by atoms with Gasteiger partial charge in [0.2, 0.25) is 14.2 Å². The molecule has 0 fully saturated rings. The molecule has 0 aliphatic carbocycles. The van der Waals surface area contributed by atoms with Crippen LogP contribution < -0.4 is 0 Å². The Bertz CT molecular complexity index is 935. The molecule has 132 valence electrons. The first-order valence-electron chi connectivity index (χ1n) is 7.93. The van der Waals surface area contributed by atoms with Crippen LogP contribution >= 0.6 is 11.3 Å². The number of thiazole rings is 1. The molecule has 0 bridgehead atoms. The molecule has 2 atom stereocenters. The van der Waals surface area contributed by atoms with Gasteiger partial charge in [0.1, 0.15) is 6.10 Å². The fraction of sp³-hybridized carbons (Fsp3) is 0.353. The SMILES string of the molecule is CCO[C@H](c1ncc(C)cn1)[C@H](C)S(=O)(=O)c1nc2ccccc2s1. The molecule has 0 aliphatic heterocycles. The molecule has 0 radical (unpaired) electrons. The van der Waals surface area contributed by atoms with Crippen molar-refractivity contribution in [3.63, 3.8) is 0 Å². The van der Waals surface area contributed by atoms with E-state index in [-0.39, 0.29) is 4.34 Å². The van der Waals surface area contributed by atoms with Crippen molar-refractivity contribution in [2.75, 3.05) is 6.61 Å². The molecule has 0 aliphatic rings. The minimum atomic E-state index is -3.68. The summed E-state index contributed by atoms with van der Waals surface area (Å²) >= 11 is 1.17. The normalized spacial score (nSPS) is 14.5. The number of hydrogen-bond donors (Lipinski definition) is 0. The van der Waals surface area contributed by atoms with E-state index in [1.54, 1.807) is 25.4 Å². The maximum absolute atomic E-state index is 13.1. The minimum Gasteiger partial charge on any atom is -0.369 e. The van der Waals surface area contributed by atoms with Gasteiger partial charge < -0.3 is 4.74 Å². The summed E-state index contributed by atoms with van der Waals surface area (Å²) in [6.45, 7) is 5.67. The third-order valence-corrected chi connectivity index (χ3v) is 7.42. The van der Waals surface area contributed by atoms with Crippen molar-refractivity contribution >= 4 is 31.4 Å². The molecule has 6 nitrogen and oxygen atoms in total. The second-order valence-corrected chi connectivity index (χ2v) is 9.20. The Morgan fingerprint density at radius 3 is 2.52 bits per heavy atom. The fourth-order valence-electron chi connectivity index (χ4n) is 2.44. The van der Waals surface area contributed by atoms with E-state index in [1.807, 2.05) is 32.0 Å². The molecular weight excluding hydrogens is 358 g/mol. The van der Waals surface area contributed by atoms with Crippen molar-refractivity contribution in [1.82, 2.24) is 15.0 Å². The molecule has 2 heterocycles. The highest BCUT2D eigenvalue weighted by molar-refractivity contribution is 7.94. The van der Waals surface area contributed by atoms with Gasteiger partial charge in [-0.15, -0.1) is 11.3 Å². The molecular formula is C17H19N3O3S2. The van der Waals surface area contributed by atoms with Gasteiger partial charge in [-0.25, -0.2) is 23.4 Å². The number of hydrogen-bond acceptors (Lipinski definition) is 7. The van der Waals surface area contributed by atoms with Gasteiger partial charge in [-0.3, -0.25) is 0 Å². The smallest absolute Gasteiger partial charge is 0.210 e. The number of sulfone groups is 1. The van der Waals surface area contributed by atoms with E-state index in [2.05, 4.69) is 15.0 Å². The van der Waals surface area contributed by atoms with Crippen molar-refractivity contribution in [2.24, 2.45) is 0 Å². The van der Waals surface area contributed by atoms with Gasteiger partial charge in [0, 0.05) is 19.0 Å². The molecule has 0 saturated carbocycles. The zero-order valence-corrected chi connectivity index (χ0v) is 15.8. The van der Waals surface area contributed by atoms with Gasteiger partial charge in [0.15, 0.2) is 5.82 Å². The quantitative estimate of drug-likeness (QED) is 0.655. The standard InChI is InChI=1S/C17H19N3O3S2/c1-4-23-15(16-18-9-11(2)10-19-16)12(3)25(21,22)17-20-13-7-5-6-8-14(13)24-17/h5-10,12,15H,4H2,1-3H3/t12-,15-/m0/s1. The average Bonchev–Trinajstić information content (AvgIpc) is 3.05. The van der Waals surface area contributed by atoms with Crippen molar-refractivity contribution < 1.29 is 13.2 Å². The monoisotopic (exact) mass is 377 g/mol. The molecule has 1 aromatic carbocycles. The summed E-state index contributed by atoms with van der Waals surface area (Å²) < 4.78 is 32.8. The summed E-state index contributed by atoms with van der Waals surface area (Å²) in [6.07, 6.45) is 2.57. The van der Waals surface area contributed by atoms with Crippen LogP contribution in [-0.4, -0.2) is 35.2 Å². The van der Waals surface area contributed by atoms with Crippen molar-refractivity contribution in [3.05, 3.63) is 48.0 Å². The van der Waals surface area contributed by atoms with Crippen molar-refractivity contribution in [2.45, 2.75) is 36.5 Å². The number of aromatic nitrogens is 3. The Kier molecular flexibility index (Phi) is 5.12. The molecule has 0 N–H and O–H groups in total. The van der Waals surface area contributed by atoms with Crippen LogP contribution in [0.5, 0.6) is 0 Å². The van der Waals surface area contributed by atoms with Crippen LogP contribution in [0.3, 0.4) is 0 Å². The number of fused-ring (bicyclic) bond motifs is 1. The summed E-state index contributed by atoms with van der Waals surface area (Å²) in [4.78, 5) is 12.8. The lowest BCUT2D eigenvalue weighted by Crippen LogP contribution is -2.29. The predicted molar refractivity (Wildman–Crippen MR) is 97.4 cm³/mol. The van der Waals surface area contributed by atoms with Crippen LogP contribution in [0.15, 0.2) is 41.0 Å². The lowest BCUT2D eigenvalue weighted by atomic mass is 10.2. The number of para-hydroxylation sites is 1. The minimum absolute atomic E-state index is 0.0954. The van der Waals surface area contributed by atoms with Gasteiger partial charge in [0.05, 0.1) is 15.5 Å². The Morgan fingerprint density at radius 1 is 1.20 bits per heavy atom. The van der Waals surface area contributed by atoms with E-state index >= 15 is 0 Å². The highest BCUT2D eigenvalue weighted by atomic mass is 32.2. The molecule has 0 amide bonds. The largest absolute Gasteiger partial charge is 0.369 e. The van der Waals surface area contributed by atoms with Crippen LogP contribution in [0.4, 0.5) is 0 Å². The van der Waals surface area contributed by atoms with Gasteiger partial charge >= 0.3 is 0 Å². The number of ether oxygens (including phenoxy) is 1. The summed E-state index contributed by atoms with van der Waals surface area (Å²) in [5.74, 6) is 0.365. The zero-order chi connectivity index (χ0) is 18.0. The Labute approximate surface area is 150 Å². The van der Waals surface area contributed by atoms with Crippen molar-refractivity contribution in [1.29, 1.82) is 0 Å². The highest BCUT2D eigenvalue weighted by Gasteiger charge is 2.36. The third-order valence-electron chi connectivity index (χ3n) is 3.84. The lowest BCUT2D eigenvalue weighted by Gasteiger charge is -2.21. The van der Waals surface area contributed by atoms with E-state index in [4.69, 9.17) is 4.74 Å². The number of aryl methyl sites for hydroxylation is 1. The van der Waals surface area contributed by atoms with Crippen LogP contribution in [0.1, 0.15) is 31.3 Å². The first kappa shape index (κ1) is 17.9. The summed E-state index contributed by atoms with van der Waals surface area (Å²) in [5.41, 5.74) is 1.58. The molecule has 25 heavy (non-hydrogen) atoms. The van der Waals surface area contributed by atoms with Gasteiger partial charge in [-0.05, 0) is 38.5 Å². The zero-order valence-electron chi connectivity index (χ0n) is 14.2. The number of nitrogens with zero attached hydrogens (tertiary/aromatic N) is 3. The Balaban J connectivity index is 1.99. The maximum Gasteiger partial charge on any atom is 0.210 e. The topological polar surface area (TPSA) is 82.0 Å².